The molecule has 0 aromatic heterocycles. The van der Waals surface area contributed by atoms with Crippen LogP contribution in [0.1, 0.15) is 0 Å². The highest BCUT2D eigenvalue weighted by Crippen LogP contribution is 1.87. The molecule has 0 spiro atoms. The first-order chi connectivity index (χ1) is 20.4. The van der Waals surface area contributed by atoms with Crippen molar-refractivity contribution in [1.29, 1.82) is 0 Å². The molecule has 1 N–H and O–H groups in total. The Morgan fingerprint density at radius 1 is 0.293 bits per heavy atom. The van der Waals surface area contributed by atoms with Gasteiger partial charge in [0.25, 0.3) is 0 Å². The number of nitrogens with one attached hydrogen (secondary N) is 1. The van der Waals surface area contributed by atoms with Gasteiger partial charge in [0.2, 0.25) is 0 Å². The fourth-order valence-corrected chi connectivity index (χ4v) is 2.86. The lowest BCUT2D eigenvalue weighted by Gasteiger charge is -2.09. The summed E-state index contributed by atoms with van der Waals surface area (Å²) < 4.78 is 64.9. The minimum Gasteiger partial charge on any atom is -0.378 e. The van der Waals surface area contributed by atoms with Gasteiger partial charge >= 0.3 is 0 Å². The van der Waals surface area contributed by atoms with Crippen LogP contribution in [0.25, 0.3) is 0 Å². The van der Waals surface area contributed by atoms with Gasteiger partial charge in [-0.1, -0.05) is 0 Å². The fourth-order valence-electron chi connectivity index (χ4n) is 2.75. The topological polar surface area (TPSA) is 123 Å². The van der Waals surface area contributed by atoms with Crippen LogP contribution >= 0.6 is 11.6 Å². The van der Waals surface area contributed by atoms with Crippen LogP contribution in [-0.4, -0.2) is 178 Å². The zero-order chi connectivity index (χ0) is 29.6. The number of likely N-dealkylation sites (N-methyl/N-ethyl adjacent to an activating group) is 1. The van der Waals surface area contributed by atoms with E-state index in [1.54, 1.807) is 0 Å². The minimum absolute atomic E-state index is 0.498. The molecule has 0 heterocycles. The number of ether oxygens (including phenoxy) is 12. The second-order valence-electron chi connectivity index (χ2n) is 8.14. The first-order valence-corrected chi connectivity index (χ1v) is 15.1. The molecule has 14 heteroatoms. The Labute approximate surface area is 251 Å². The molecule has 41 heavy (non-hydrogen) atoms. The highest BCUT2D eigenvalue weighted by atomic mass is 35.5. The van der Waals surface area contributed by atoms with Gasteiger partial charge in [-0.25, -0.2) is 0 Å². The zero-order valence-corrected chi connectivity index (χ0v) is 25.9. The van der Waals surface area contributed by atoms with Crippen molar-refractivity contribution < 1.29 is 56.8 Å². The molecule has 0 rings (SSSR count). The van der Waals surface area contributed by atoms with E-state index in [-0.39, 0.29) is 0 Å². The molecule has 0 aliphatic rings. The molecule has 0 aromatic rings. The summed E-state index contributed by atoms with van der Waals surface area (Å²) in [5.41, 5.74) is 0. The molecule has 0 amide bonds. The maximum atomic E-state index is 5.51. The van der Waals surface area contributed by atoms with Crippen molar-refractivity contribution in [3.8, 4) is 0 Å². The average molecular weight is 622 g/mol. The zero-order valence-electron chi connectivity index (χ0n) is 25.2. The van der Waals surface area contributed by atoms with Crippen LogP contribution in [0.3, 0.4) is 0 Å². The van der Waals surface area contributed by atoms with E-state index in [1.807, 2.05) is 7.05 Å². The van der Waals surface area contributed by atoms with Crippen LogP contribution in [0.15, 0.2) is 0 Å². The number of hydrogen-bond donors (Lipinski definition) is 1. The lowest BCUT2D eigenvalue weighted by Crippen LogP contribution is -2.17. The standard InChI is InChI=1S/C27H56ClNO12/c1-29-3-5-31-7-9-33-11-13-35-15-17-37-19-21-39-23-25-41-27-26-40-24-22-38-20-18-36-16-14-34-12-10-32-8-6-30-4-2-28/h29H,2-27H2,1H3. The number of halogens is 1. The molecule has 13 nitrogen and oxygen atoms in total. The molecule has 0 saturated heterocycles. The normalized spacial score (nSPS) is 11.6. The molecule has 0 aliphatic heterocycles. The van der Waals surface area contributed by atoms with Gasteiger partial charge in [0.05, 0.1) is 159 Å². The molecule has 0 aliphatic carbocycles. The Morgan fingerprint density at radius 3 is 0.634 bits per heavy atom. The van der Waals surface area contributed by atoms with Crippen LogP contribution in [0.5, 0.6) is 0 Å². The molecular formula is C27H56ClNO12. The first-order valence-electron chi connectivity index (χ1n) is 14.5. The van der Waals surface area contributed by atoms with Crippen molar-refractivity contribution in [3.05, 3.63) is 0 Å². The predicted octanol–water partition coefficient (Wildman–Crippen LogP) is 0.644. The Balaban J connectivity index is 3.02. The average Bonchev–Trinajstić information content (AvgIpc) is 2.98. The second kappa shape index (κ2) is 39.8. The fraction of sp³-hybridized carbons (Fsp3) is 1.00. The van der Waals surface area contributed by atoms with E-state index >= 15 is 0 Å². The number of rotatable bonds is 38. The van der Waals surface area contributed by atoms with Crippen LogP contribution in [0.2, 0.25) is 0 Å². The SMILES string of the molecule is CNCCOCCOCCOCCOCCOCCOCCOCCOCCOCCOCCOCCOCCCl. The van der Waals surface area contributed by atoms with E-state index in [0.29, 0.717) is 164 Å². The summed E-state index contributed by atoms with van der Waals surface area (Å²) in [7, 11) is 1.89. The highest BCUT2D eigenvalue weighted by Gasteiger charge is 1.96. The Kier molecular flexibility index (Phi) is 39.5. The Morgan fingerprint density at radius 2 is 0.463 bits per heavy atom. The molecule has 248 valence electrons. The van der Waals surface area contributed by atoms with E-state index in [9.17, 15) is 0 Å². The smallest absolute Gasteiger partial charge is 0.0701 e. The molecule has 0 bridgehead atoms. The van der Waals surface area contributed by atoms with Crippen molar-refractivity contribution in [2.75, 3.05) is 178 Å². The summed E-state index contributed by atoms with van der Waals surface area (Å²) in [5.74, 6) is 0.498. The molecule has 0 radical (unpaired) electrons. The minimum atomic E-state index is 0.498. The van der Waals surface area contributed by atoms with E-state index < -0.39 is 0 Å². The lowest BCUT2D eigenvalue weighted by atomic mass is 10.6. The molecular weight excluding hydrogens is 566 g/mol. The summed E-state index contributed by atoms with van der Waals surface area (Å²) in [6.45, 7) is 13.8. The monoisotopic (exact) mass is 621 g/mol. The summed E-state index contributed by atoms with van der Waals surface area (Å²) in [6.07, 6.45) is 0. The van der Waals surface area contributed by atoms with Gasteiger partial charge in [-0.3, -0.25) is 0 Å². The maximum Gasteiger partial charge on any atom is 0.0701 e. The summed E-state index contributed by atoms with van der Waals surface area (Å²) in [4.78, 5) is 0. The van der Waals surface area contributed by atoms with E-state index in [4.69, 9.17) is 68.4 Å². The Hall–Kier alpha value is -0.230. The van der Waals surface area contributed by atoms with Gasteiger partial charge in [0.15, 0.2) is 0 Å². The van der Waals surface area contributed by atoms with Crippen LogP contribution in [0.4, 0.5) is 0 Å². The van der Waals surface area contributed by atoms with Crippen molar-refractivity contribution in [2.24, 2.45) is 0 Å². The third-order valence-electron chi connectivity index (χ3n) is 4.81. The lowest BCUT2D eigenvalue weighted by molar-refractivity contribution is -0.0282. The van der Waals surface area contributed by atoms with Crippen molar-refractivity contribution in [3.63, 3.8) is 0 Å². The summed E-state index contributed by atoms with van der Waals surface area (Å²) in [6, 6.07) is 0. The van der Waals surface area contributed by atoms with Crippen LogP contribution in [0, 0.1) is 0 Å². The third-order valence-corrected chi connectivity index (χ3v) is 4.96. The highest BCUT2D eigenvalue weighted by molar-refractivity contribution is 6.17. The van der Waals surface area contributed by atoms with Crippen molar-refractivity contribution >= 4 is 11.6 Å². The molecule has 0 saturated carbocycles. The van der Waals surface area contributed by atoms with Crippen molar-refractivity contribution in [1.82, 2.24) is 5.32 Å². The maximum absolute atomic E-state index is 5.51. The van der Waals surface area contributed by atoms with Gasteiger partial charge in [-0.2, -0.15) is 0 Å². The third kappa shape index (κ3) is 39.8. The van der Waals surface area contributed by atoms with E-state index in [1.165, 1.54) is 0 Å². The van der Waals surface area contributed by atoms with E-state index in [0.717, 1.165) is 6.54 Å². The quantitative estimate of drug-likeness (QED) is 0.0767. The number of alkyl halides is 1. The van der Waals surface area contributed by atoms with Gasteiger partial charge in [0, 0.05) is 12.4 Å². The molecule has 0 unspecified atom stereocenters. The molecule has 0 atom stereocenters. The van der Waals surface area contributed by atoms with Gasteiger partial charge in [-0.15, -0.1) is 11.6 Å². The van der Waals surface area contributed by atoms with Gasteiger partial charge in [-0.05, 0) is 7.05 Å². The first kappa shape index (κ1) is 40.8. The van der Waals surface area contributed by atoms with Crippen LogP contribution in [-0.2, 0) is 56.8 Å². The van der Waals surface area contributed by atoms with Crippen molar-refractivity contribution in [2.45, 2.75) is 0 Å². The molecule has 0 fully saturated rings. The van der Waals surface area contributed by atoms with Gasteiger partial charge in [0.1, 0.15) is 0 Å². The second-order valence-corrected chi connectivity index (χ2v) is 8.52. The predicted molar refractivity (Wildman–Crippen MR) is 154 cm³/mol. The largest absolute Gasteiger partial charge is 0.378 e. The molecule has 0 aromatic carbocycles. The van der Waals surface area contributed by atoms with Gasteiger partial charge < -0.3 is 62.2 Å². The number of hydrogen-bond acceptors (Lipinski definition) is 13. The Bertz CT molecular complexity index is 423. The van der Waals surface area contributed by atoms with E-state index in [2.05, 4.69) is 5.32 Å². The van der Waals surface area contributed by atoms with Crippen LogP contribution < -0.4 is 5.32 Å². The summed E-state index contributed by atoms with van der Waals surface area (Å²) >= 11 is 5.51. The summed E-state index contributed by atoms with van der Waals surface area (Å²) in [5, 5.41) is 3.02.